The fourth-order valence-corrected chi connectivity index (χ4v) is 11.0. The maximum Gasteiger partial charge on any atom is 0.150 e. The van der Waals surface area contributed by atoms with Crippen molar-refractivity contribution in [3.8, 4) is 22.4 Å². The van der Waals surface area contributed by atoms with Gasteiger partial charge in [-0.15, -0.1) is 0 Å². The monoisotopic (exact) mass is 451 g/mol. The molecule has 6 aromatic rings. The third-order valence-electron chi connectivity index (χ3n) is 7.84. The van der Waals surface area contributed by atoms with Crippen LogP contribution in [0.3, 0.4) is 0 Å². The van der Waals surface area contributed by atoms with Crippen LogP contribution in [0.1, 0.15) is 0 Å². The molecule has 1 aliphatic rings. The molecule has 1 aliphatic heterocycles. The van der Waals surface area contributed by atoms with Crippen LogP contribution in [0.2, 0.25) is 6.55 Å². The second kappa shape index (κ2) is 7.06. The van der Waals surface area contributed by atoms with E-state index in [4.69, 9.17) is 0 Å². The predicted molar refractivity (Wildman–Crippen MR) is 148 cm³/mol. The molecule has 162 valence electrons. The summed E-state index contributed by atoms with van der Waals surface area (Å²) in [5.74, 6) is 0. The van der Waals surface area contributed by atoms with Gasteiger partial charge in [-0.25, -0.2) is 0 Å². The minimum atomic E-state index is -2.23. The Balaban J connectivity index is 1.59. The average Bonchev–Trinajstić information content (AvgIpc) is 3.36. The minimum Gasteiger partial charge on any atom is -0.344 e. The first-order valence-electron chi connectivity index (χ1n) is 11.9. The van der Waals surface area contributed by atoms with E-state index in [2.05, 4.69) is 133 Å². The molecule has 0 saturated heterocycles. The Labute approximate surface area is 200 Å². The lowest BCUT2D eigenvalue weighted by molar-refractivity contribution is 0.983. The highest BCUT2D eigenvalue weighted by Gasteiger charge is 2.47. The van der Waals surface area contributed by atoms with Crippen LogP contribution in [0.5, 0.6) is 0 Å². The number of aromatic nitrogens is 1. The fraction of sp³-hybridized carbons (Fsp3) is 0.0625. The molecule has 0 spiro atoms. The van der Waals surface area contributed by atoms with Gasteiger partial charge in [-0.05, 0) is 55.2 Å². The molecule has 0 saturated carbocycles. The molecule has 7 rings (SSSR count). The smallest absolute Gasteiger partial charge is 0.150 e. The zero-order valence-electron chi connectivity index (χ0n) is 19.4. The number of para-hydroxylation sites is 1. The summed E-state index contributed by atoms with van der Waals surface area (Å²) in [4.78, 5) is 0. The molecule has 2 heteroatoms. The molecule has 0 bridgehead atoms. The molecular formula is C32H25NSi. The van der Waals surface area contributed by atoms with E-state index in [1.807, 2.05) is 0 Å². The Morgan fingerprint density at radius 1 is 0.588 bits per heavy atom. The van der Waals surface area contributed by atoms with Crippen molar-refractivity contribution < 1.29 is 0 Å². The maximum atomic E-state index is 2.56. The molecule has 5 aromatic carbocycles. The van der Waals surface area contributed by atoms with Crippen LogP contribution in [-0.2, 0) is 7.05 Å². The molecule has 0 amide bonds. The van der Waals surface area contributed by atoms with Gasteiger partial charge in [0.1, 0.15) is 0 Å². The third kappa shape index (κ3) is 2.49. The lowest BCUT2D eigenvalue weighted by atomic mass is 9.99. The molecule has 1 aromatic heterocycles. The molecular weight excluding hydrogens is 426 g/mol. The number of fused-ring (bicyclic) bond motifs is 7. The van der Waals surface area contributed by atoms with Gasteiger partial charge in [-0.3, -0.25) is 0 Å². The highest BCUT2D eigenvalue weighted by atomic mass is 28.3. The van der Waals surface area contributed by atoms with Gasteiger partial charge in [0.05, 0.1) is 0 Å². The quantitative estimate of drug-likeness (QED) is 0.281. The van der Waals surface area contributed by atoms with E-state index in [1.165, 1.54) is 49.2 Å². The normalized spacial score (nSPS) is 16.6. The summed E-state index contributed by atoms with van der Waals surface area (Å²) in [6, 6.07) is 42.6. The second-order valence-electron chi connectivity index (χ2n) is 9.58. The van der Waals surface area contributed by atoms with Gasteiger partial charge in [0.2, 0.25) is 0 Å². The van der Waals surface area contributed by atoms with E-state index in [0.717, 1.165) is 0 Å². The van der Waals surface area contributed by atoms with Crippen molar-refractivity contribution in [2.24, 2.45) is 7.05 Å². The lowest BCUT2D eigenvalue weighted by Crippen LogP contribution is -2.62. The number of nitrogens with zero attached hydrogens (tertiary/aromatic N) is 1. The summed E-state index contributed by atoms with van der Waals surface area (Å²) < 4.78 is 2.43. The highest BCUT2D eigenvalue weighted by Crippen LogP contribution is 2.37. The van der Waals surface area contributed by atoms with E-state index >= 15 is 0 Å². The van der Waals surface area contributed by atoms with Crippen molar-refractivity contribution in [1.29, 1.82) is 0 Å². The molecule has 1 nitrogen and oxygen atoms in total. The summed E-state index contributed by atoms with van der Waals surface area (Å²) in [6.07, 6.45) is 0. The van der Waals surface area contributed by atoms with Gasteiger partial charge in [0, 0.05) is 23.6 Å². The van der Waals surface area contributed by atoms with Crippen LogP contribution < -0.4 is 15.6 Å². The van der Waals surface area contributed by atoms with E-state index < -0.39 is 8.07 Å². The molecule has 1 unspecified atom stereocenters. The standard InChI is InChI=1S/C32H25NSi/c1-33-29-16-10-9-15-27(29)32-30(33)28-20-18-24-21-23(22-11-5-3-6-12-22)17-19-26(24)31(28)34(32,2)25-13-7-4-8-14-25/h3-21H,1-2H3. The van der Waals surface area contributed by atoms with Crippen molar-refractivity contribution in [1.82, 2.24) is 4.57 Å². The van der Waals surface area contributed by atoms with Gasteiger partial charge in [-0.1, -0.05) is 110 Å². The Morgan fingerprint density at radius 3 is 2.09 bits per heavy atom. The Hall–Kier alpha value is -3.88. The largest absolute Gasteiger partial charge is 0.344 e. The molecule has 0 aliphatic carbocycles. The van der Waals surface area contributed by atoms with E-state index in [9.17, 15) is 0 Å². The Kier molecular flexibility index (Phi) is 4.06. The number of hydrogen-bond donors (Lipinski definition) is 0. The zero-order valence-corrected chi connectivity index (χ0v) is 20.4. The van der Waals surface area contributed by atoms with E-state index in [1.54, 1.807) is 10.4 Å². The SMILES string of the molecule is Cn1c2c(c3ccccc31)[Si](C)(c1ccccc1)c1c-2ccc2cc(-c3ccccc3)ccc12. The van der Waals surface area contributed by atoms with E-state index in [0.29, 0.717) is 0 Å². The van der Waals surface area contributed by atoms with Crippen LogP contribution in [-0.4, -0.2) is 12.6 Å². The van der Waals surface area contributed by atoms with Crippen molar-refractivity contribution in [3.63, 3.8) is 0 Å². The van der Waals surface area contributed by atoms with Crippen molar-refractivity contribution in [3.05, 3.63) is 115 Å². The molecule has 2 heterocycles. The molecule has 0 N–H and O–H groups in total. The first kappa shape index (κ1) is 19.6. The zero-order chi connectivity index (χ0) is 22.9. The maximum absolute atomic E-state index is 2.56. The number of hydrogen-bond acceptors (Lipinski definition) is 0. The van der Waals surface area contributed by atoms with Crippen LogP contribution in [0.15, 0.2) is 115 Å². The lowest BCUT2D eigenvalue weighted by Gasteiger charge is -2.27. The summed E-state index contributed by atoms with van der Waals surface area (Å²) >= 11 is 0. The molecule has 0 radical (unpaired) electrons. The molecule has 1 atom stereocenters. The first-order chi connectivity index (χ1) is 16.7. The second-order valence-corrected chi connectivity index (χ2v) is 13.4. The average molecular weight is 452 g/mol. The highest BCUT2D eigenvalue weighted by molar-refractivity contribution is 7.15. The van der Waals surface area contributed by atoms with Crippen LogP contribution >= 0.6 is 0 Å². The Morgan fingerprint density at radius 2 is 1.29 bits per heavy atom. The summed E-state index contributed by atoms with van der Waals surface area (Å²) in [5, 5.41) is 8.73. The number of aryl methyl sites for hydroxylation is 1. The summed E-state index contributed by atoms with van der Waals surface area (Å²) in [7, 11) is 0.00570. The van der Waals surface area contributed by atoms with Gasteiger partial charge < -0.3 is 4.57 Å². The van der Waals surface area contributed by atoms with Crippen LogP contribution in [0.4, 0.5) is 0 Å². The summed E-state index contributed by atoms with van der Waals surface area (Å²) in [5.41, 5.74) is 6.68. The third-order valence-corrected chi connectivity index (χ3v) is 12.4. The number of benzene rings is 5. The minimum absolute atomic E-state index is 1.27. The van der Waals surface area contributed by atoms with Crippen LogP contribution in [0, 0.1) is 0 Å². The first-order valence-corrected chi connectivity index (χ1v) is 14.4. The van der Waals surface area contributed by atoms with Gasteiger partial charge in [0.25, 0.3) is 0 Å². The van der Waals surface area contributed by atoms with Crippen molar-refractivity contribution in [2.45, 2.75) is 6.55 Å². The topological polar surface area (TPSA) is 4.93 Å². The van der Waals surface area contributed by atoms with Gasteiger partial charge in [-0.2, -0.15) is 0 Å². The molecule has 34 heavy (non-hydrogen) atoms. The van der Waals surface area contributed by atoms with E-state index in [-0.39, 0.29) is 0 Å². The predicted octanol–water partition coefficient (Wildman–Crippen LogP) is 6.08. The van der Waals surface area contributed by atoms with Gasteiger partial charge >= 0.3 is 0 Å². The number of rotatable bonds is 2. The Bertz CT molecular complexity index is 1710. The van der Waals surface area contributed by atoms with Crippen LogP contribution in [0.25, 0.3) is 44.1 Å². The van der Waals surface area contributed by atoms with Crippen molar-refractivity contribution >= 4 is 45.3 Å². The van der Waals surface area contributed by atoms with Crippen molar-refractivity contribution in [2.75, 3.05) is 0 Å². The molecule has 0 fully saturated rings. The fourth-order valence-electron chi connectivity index (χ4n) is 6.28. The summed E-state index contributed by atoms with van der Waals surface area (Å²) in [6.45, 7) is 2.56. The van der Waals surface area contributed by atoms with Gasteiger partial charge in [0.15, 0.2) is 8.07 Å².